The van der Waals surface area contributed by atoms with Crippen molar-refractivity contribution in [2.75, 3.05) is 0 Å². The van der Waals surface area contributed by atoms with Crippen LogP contribution in [0.5, 0.6) is 0 Å². The number of allylic oxidation sites excluding steroid dienone is 1. The molecule has 0 amide bonds. The first-order valence-corrected chi connectivity index (χ1v) is 5.32. The van der Waals surface area contributed by atoms with Crippen LogP contribution in [-0.4, -0.2) is 6.04 Å². The van der Waals surface area contributed by atoms with Gasteiger partial charge in [-0.2, -0.15) is 0 Å². The first kappa shape index (κ1) is 9.47. The highest BCUT2D eigenvalue weighted by Crippen LogP contribution is 2.23. The number of benzene rings is 1. The molecule has 1 aromatic carbocycles. The molecular weight excluding hydrogens is 170 g/mol. The molecule has 1 unspecified atom stereocenters. The highest BCUT2D eigenvalue weighted by atomic mass is 14.6. The van der Waals surface area contributed by atoms with Gasteiger partial charge in [0.05, 0.1) is 0 Å². The molecule has 1 heteroatoms. The molecule has 14 heavy (non-hydrogen) atoms. The van der Waals surface area contributed by atoms with E-state index in [1.807, 2.05) is 0 Å². The molecule has 2 rings (SSSR count). The molecule has 1 aromatic rings. The van der Waals surface area contributed by atoms with E-state index in [4.69, 9.17) is 5.73 Å². The molecule has 1 fully saturated rings. The van der Waals surface area contributed by atoms with Crippen LogP contribution in [-0.2, 0) is 6.42 Å². The normalized spacial score (nSPS) is 24.4. The van der Waals surface area contributed by atoms with Crippen molar-refractivity contribution in [2.24, 2.45) is 5.73 Å². The molecule has 0 aliphatic heterocycles. The first-order valence-electron chi connectivity index (χ1n) is 5.32. The van der Waals surface area contributed by atoms with Crippen molar-refractivity contribution in [3.05, 3.63) is 47.5 Å². The van der Waals surface area contributed by atoms with Crippen LogP contribution in [0.15, 0.2) is 42.0 Å². The van der Waals surface area contributed by atoms with Gasteiger partial charge in [-0.05, 0) is 31.2 Å². The molecule has 0 aromatic heterocycles. The van der Waals surface area contributed by atoms with E-state index in [0.29, 0.717) is 6.04 Å². The van der Waals surface area contributed by atoms with E-state index in [1.165, 1.54) is 18.4 Å². The lowest BCUT2D eigenvalue weighted by molar-refractivity contribution is 0.711. The van der Waals surface area contributed by atoms with Gasteiger partial charge in [0, 0.05) is 6.04 Å². The molecule has 1 saturated carbocycles. The summed E-state index contributed by atoms with van der Waals surface area (Å²) in [4.78, 5) is 0. The lowest BCUT2D eigenvalue weighted by atomic mass is 10.1. The maximum absolute atomic E-state index is 5.85. The molecule has 74 valence electrons. The Morgan fingerprint density at radius 3 is 2.71 bits per heavy atom. The molecular formula is C13H17N. The van der Waals surface area contributed by atoms with Gasteiger partial charge in [-0.25, -0.2) is 0 Å². The molecule has 0 radical (unpaired) electrons. The SMILES string of the molecule is NC1CC/C(=C/Cc2ccccc2)C1. The zero-order chi connectivity index (χ0) is 9.80. The molecule has 1 aliphatic rings. The Morgan fingerprint density at radius 1 is 1.29 bits per heavy atom. The summed E-state index contributed by atoms with van der Waals surface area (Å²) in [6.45, 7) is 0. The number of hydrogen-bond acceptors (Lipinski definition) is 1. The summed E-state index contributed by atoms with van der Waals surface area (Å²) in [5, 5.41) is 0. The Hall–Kier alpha value is -1.08. The van der Waals surface area contributed by atoms with Gasteiger partial charge in [0.25, 0.3) is 0 Å². The van der Waals surface area contributed by atoms with Gasteiger partial charge in [-0.3, -0.25) is 0 Å². The number of hydrogen-bond donors (Lipinski definition) is 1. The monoisotopic (exact) mass is 187 g/mol. The molecule has 1 aliphatic carbocycles. The maximum Gasteiger partial charge on any atom is 0.00791 e. The zero-order valence-electron chi connectivity index (χ0n) is 8.45. The Kier molecular flexibility index (Phi) is 3.00. The third-order valence-corrected chi connectivity index (χ3v) is 2.83. The third kappa shape index (κ3) is 2.46. The standard InChI is InChI=1S/C13H17N/c14-13-9-8-12(10-13)7-6-11-4-2-1-3-5-11/h1-5,7,13H,6,8-10,14H2/b12-7-. The lowest BCUT2D eigenvalue weighted by Gasteiger charge is -1.98. The molecule has 0 bridgehead atoms. The first-order chi connectivity index (χ1) is 6.84. The predicted octanol–water partition coefficient (Wildman–Crippen LogP) is 2.67. The quantitative estimate of drug-likeness (QED) is 0.708. The van der Waals surface area contributed by atoms with Crippen LogP contribution in [0.3, 0.4) is 0 Å². The Labute approximate surface area is 85.6 Å². The Bertz CT molecular complexity index is 313. The van der Waals surface area contributed by atoms with Crippen LogP contribution in [0.2, 0.25) is 0 Å². The molecule has 1 atom stereocenters. The average Bonchev–Trinajstić information content (AvgIpc) is 2.63. The van der Waals surface area contributed by atoms with Gasteiger partial charge >= 0.3 is 0 Å². The highest BCUT2D eigenvalue weighted by molar-refractivity contribution is 5.20. The topological polar surface area (TPSA) is 26.0 Å². The van der Waals surface area contributed by atoms with Gasteiger partial charge in [-0.1, -0.05) is 42.0 Å². The van der Waals surface area contributed by atoms with Crippen molar-refractivity contribution in [1.29, 1.82) is 0 Å². The van der Waals surface area contributed by atoms with E-state index in [-0.39, 0.29) is 0 Å². The summed E-state index contributed by atoms with van der Waals surface area (Å²) < 4.78 is 0. The molecule has 0 spiro atoms. The zero-order valence-corrected chi connectivity index (χ0v) is 8.45. The van der Waals surface area contributed by atoms with Crippen molar-refractivity contribution in [3.8, 4) is 0 Å². The minimum absolute atomic E-state index is 0.414. The summed E-state index contributed by atoms with van der Waals surface area (Å²) in [5.41, 5.74) is 8.79. The van der Waals surface area contributed by atoms with E-state index in [0.717, 1.165) is 12.8 Å². The summed E-state index contributed by atoms with van der Waals surface area (Å²) in [6, 6.07) is 11.0. The van der Waals surface area contributed by atoms with Gasteiger partial charge in [0.2, 0.25) is 0 Å². The van der Waals surface area contributed by atoms with Crippen LogP contribution in [0, 0.1) is 0 Å². The lowest BCUT2D eigenvalue weighted by Crippen LogP contribution is -2.13. The summed E-state index contributed by atoms with van der Waals surface area (Å²) in [7, 11) is 0. The van der Waals surface area contributed by atoms with Crippen molar-refractivity contribution in [3.63, 3.8) is 0 Å². The van der Waals surface area contributed by atoms with Crippen LogP contribution < -0.4 is 5.73 Å². The second kappa shape index (κ2) is 4.43. The molecule has 1 nitrogen and oxygen atoms in total. The number of nitrogens with two attached hydrogens (primary N) is 1. The van der Waals surface area contributed by atoms with Crippen molar-refractivity contribution in [2.45, 2.75) is 31.7 Å². The fraction of sp³-hybridized carbons (Fsp3) is 0.385. The van der Waals surface area contributed by atoms with Gasteiger partial charge < -0.3 is 5.73 Å². The maximum atomic E-state index is 5.85. The van der Waals surface area contributed by atoms with Crippen LogP contribution in [0.25, 0.3) is 0 Å². The van der Waals surface area contributed by atoms with Gasteiger partial charge in [0.15, 0.2) is 0 Å². The fourth-order valence-corrected chi connectivity index (χ4v) is 1.97. The number of rotatable bonds is 2. The fourth-order valence-electron chi connectivity index (χ4n) is 1.97. The van der Waals surface area contributed by atoms with E-state index in [9.17, 15) is 0 Å². The second-order valence-corrected chi connectivity index (χ2v) is 4.05. The van der Waals surface area contributed by atoms with Crippen molar-refractivity contribution >= 4 is 0 Å². The van der Waals surface area contributed by atoms with E-state index in [2.05, 4.69) is 36.4 Å². The third-order valence-electron chi connectivity index (χ3n) is 2.83. The summed E-state index contributed by atoms with van der Waals surface area (Å²) in [6.07, 6.45) is 6.88. The highest BCUT2D eigenvalue weighted by Gasteiger charge is 2.14. The molecule has 0 heterocycles. The van der Waals surface area contributed by atoms with Crippen LogP contribution in [0.1, 0.15) is 24.8 Å². The summed E-state index contributed by atoms with van der Waals surface area (Å²) in [5.74, 6) is 0. The van der Waals surface area contributed by atoms with E-state index in [1.54, 1.807) is 5.57 Å². The van der Waals surface area contributed by atoms with Crippen LogP contribution >= 0.6 is 0 Å². The smallest absolute Gasteiger partial charge is 0.00791 e. The molecule has 0 saturated heterocycles. The second-order valence-electron chi connectivity index (χ2n) is 4.05. The largest absolute Gasteiger partial charge is 0.327 e. The van der Waals surface area contributed by atoms with Gasteiger partial charge in [-0.15, -0.1) is 0 Å². The van der Waals surface area contributed by atoms with Crippen molar-refractivity contribution in [1.82, 2.24) is 0 Å². The van der Waals surface area contributed by atoms with Gasteiger partial charge in [0.1, 0.15) is 0 Å². The minimum atomic E-state index is 0.414. The predicted molar refractivity (Wildman–Crippen MR) is 60.1 cm³/mol. The minimum Gasteiger partial charge on any atom is -0.327 e. The van der Waals surface area contributed by atoms with Crippen molar-refractivity contribution < 1.29 is 0 Å². The summed E-state index contributed by atoms with van der Waals surface area (Å²) >= 11 is 0. The van der Waals surface area contributed by atoms with E-state index < -0.39 is 0 Å². The van der Waals surface area contributed by atoms with Crippen LogP contribution in [0.4, 0.5) is 0 Å². The Balaban J connectivity index is 1.94. The average molecular weight is 187 g/mol. The molecule has 2 N–H and O–H groups in total. The van der Waals surface area contributed by atoms with E-state index >= 15 is 0 Å². The Morgan fingerprint density at radius 2 is 2.07 bits per heavy atom.